The molecule has 0 aliphatic carbocycles. The van der Waals surface area contributed by atoms with E-state index in [1.54, 1.807) is 4.90 Å². The smallest absolute Gasteiger partial charge is 0.339 e. The zero-order valence-electron chi connectivity index (χ0n) is 17.0. The van der Waals surface area contributed by atoms with Crippen LogP contribution in [0.4, 0.5) is 5.69 Å². The van der Waals surface area contributed by atoms with E-state index in [2.05, 4.69) is 5.32 Å². The van der Waals surface area contributed by atoms with Crippen molar-refractivity contribution in [1.29, 1.82) is 0 Å². The molecule has 3 rings (SSSR count). The summed E-state index contributed by atoms with van der Waals surface area (Å²) in [5.74, 6) is -1.05. The minimum atomic E-state index is -0.552. The topological polar surface area (TPSA) is 97.4 Å². The van der Waals surface area contributed by atoms with E-state index in [1.165, 1.54) is 32.4 Å². The Morgan fingerprint density at radius 3 is 2.33 bits per heavy atom. The van der Waals surface area contributed by atoms with Crippen LogP contribution in [0.5, 0.6) is 0 Å². The number of nitrogens with one attached hydrogen (secondary N) is 1. The second-order valence-electron chi connectivity index (χ2n) is 6.99. The van der Waals surface area contributed by atoms with Crippen LogP contribution in [-0.4, -0.2) is 85.9 Å². The zero-order valence-corrected chi connectivity index (χ0v) is 17.8. The normalized spacial score (nSPS) is 18.7. The number of ether oxygens (including phenoxy) is 3. The maximum absolute atomic E-state index is 12.5. The van der Waals surface area contributed by atoms with Crippen LogP contribution in [0.2, 0.25) is 0 Å². The molecule has 1 N–H and O–H groups in total. The van der Waals surface area contributed by atoms with Gasteiger partial charge >= 0.3 is 11.9 Å². The number of thiocarbonyl (C=S) groups is 1. The Balaban J connectivity index is 1.66. The van der Waals surface area contributed by atoms with Gasteiger partial charge in [0.05, 0.1) is 31.0 Å². The number of benzene rings is 1. The van der Waals surface area contributed by atoms with E-state index in [0.717, 1.165) is 12.8 Å². The Kier molecular flexibility index (Phi) is 7.22. The second-order valence-corrected chi connectivity index (χ2v) is 7.37. The van der Waals surface area contributed by atoms with Crippen LogP contribution in [0, 0.1) is 0 Å². The van der Waals surface area contributed by atoms with Crippen molar-refractivity contribution < 1.29 is 28.6 Å². The number of esters is 2. The molecule has 1 amide bonds. The molecule has 0 aromatic heterocycles. The summed E-state index contributed by atoms with van der Waals surface area (Å²) < 4.78 is 15.0. The molecular formula is C20H25N3O6S. The van der Waals surface area contributed by atoms with Crippen molar-refractivity contribution in [1.82, 2.24) is 9.80 Å². The average Bonchev–Trinajstić information content (AvgIpc) is 3.32. The maximum Gasteiger partial charge on any atom is 0.339 e. The lowest BCUT2D eigenvalue weighted by molar-refractivity contribution is -0.142. The van der Waals surface area contributed by atoms with Gasteiger partial charge in [-0.2, -0.15) is 0 Å². The summed E-state index contributed by atoms with van der Waals surface area (Å²) in [6.45, 7) is 2.81. The first kappa shape index (κ1) is 22.0. The fourth-order valence-electron chi connectivity index (χ4n) is 3.48. The number of carbonyl (C=O) groups is 3. The van der Waals surface area contributed by atoms with E-state index in [4.69, 9.17) is 26.4 Å². The predicted octanol–water partition coefficient (Wildman–Crippen LogP) is 1.28. The molecule has 2 fully saturated rings. The minimum absolute atomic E-state index is 0.0322. The quantitative estimate of drug-likeness (QED) is 0.554. The van der Waals surface area contributed by atoms with Crippen LogP contribution in [0.1, 0.15) is 33.6 Å². The molecule has 1 aromatic carbocycles. The molecule has 1 aromatic rings. The highest BCUT2D eigenvalue weighted by Crippen LogP contribution is 2.21. The van der Waals surface area contributed by atoms with Crippen molar-refractivity contribution >= 4 is 40.9 Å². The number of hydrogen-bond donors (Lipinski definition) is 1. The highest BCUT2D eigenvalue weighted by Gasteiger charge is 2.31. The molecule has 1 atom stereocenters. The fraction of sp³-hybridized carbons (Fsp3) is 0.500. The standard InChI is InChI=1S/C20H25N3O6S/c1-27-18(25)13-5-6-14(19(26)28-2)15(12-13)21-20(30)23-9-7-22(8-10-23)17(24)16-4-3-11-29-16/h5-6,12,16H,3-4,7-11H2,1-2H3,(H,21,30)/t16-/m1/s1. The van der Waals surface area contributed by atoms with Gasteiger partial charge in [-0.25, -0.2) is 9.59 Å². The lowest BCUT2D eigenvalue weighted by atomic mass is 10.1. The molecule has 2 heterocycles. The summed E-state index contributed by atoms with van der Waals surface area (Å²) in [4.78, 5) is 40.2. The number of rotatable bonds is 4. The summed E-state index contributed by atoms with van der Waals surface area (Å²) in [6.07, 6.45) is 1.36. The first-order valence-corrected chi connectivity index (χ1v) is 10.1. The van der Waals surface area contributed by atoms with E-state index in [0.29, 0.717) is 43.6 Å². The number of carbonyl (C=O) groups excluding carboxylic acids is 3. The van der Waals surface area contributed by atoms with Crippen molar-refractivity contribution in [3.63, 3.8) is 0 Å². The van der Waals surface area contributed by atoms with Gasteiger partial charge in [-0.15, -0.1) is 0 Å². The molecule has 0 unspecified atom stereocenters. The molecule has 10 heteroatoms. The number of anilines is 1. The van der Waals surface area contributed by atoms with Crippen LogP contribution >= 0.6 is 12.2 Å². The van der Waals surface area contributed by atoms with Crippen molar-refractivity contribution in [2.75, 3.05) is 52.3 Å². The lowest BCUT2D eigenvalue weighted by Crippen LogP contribution is -2.53. The monoisotopic (exact) mass is 435 g/mol. The van der Waals surface area contributed by atoms with E-state index in [9.17, 15) is 14.4 Å². The third-order valence-electron chi connectivity index (χ3n) is 5.17. The molecule has 2 aliphatic rings. The molecule has 162 valence electrons. The fourth-order valence-corrected chi connectivity index (χ4v) is 3.77. The van der Waals surface area contributed by atoms with Gasteiger partial charge in [0.2, 0.25) is 0 Å². The van der Waals surface area contributed by atoms with Crippen molar-refractivity contribution in [3.8, 4) is 0 Å². The first-order chi connectivity index (χ1) is 14.4. The molecule has 9 nitrogen and oxygen atoms in total. The molecular weight excluding hydrogens is 410 g/mol. The second kappa shape index (κ2) is 9.86. The van der Waals surface area contributed by atoms with E-state index in [1.807, 2.05) is 4.90 Å². The molecule has 2 aliphatic heterocycles. The van der Waals surface area contributed by atoms with Gasteiger partial charge in [0.1, 0.15) is 6.10 Å². The minimum Gasteiger partial charge on any atom is -0.465 e. The van der Waals surface area contributed by atoms with Crippen LogP contribution in [0.25, 0.3) is 0 Å². The van der Waals surface area contributed by atoms with Crippen LogP contribution in [0.15, 0.2) is 18.2 Å². The Hall–Kier alpha value is -2.72. The molecule has 0 bridgehead atoms. The van der Waals surface area contributed by atoms with E-state index in [-0.39, 0.29) is 23.1 Å². The summed E-state index contributed by atoms with van der Waals surface area (Å²) in [5, 5.41) is 3.43. The maximum atomic E-state index is 12.5. The number of piperazine rings is 1. The van der Waals surface area contributed by atoms with Gasteiger partial charge < -0.3 is 29.3 Å². The summed E-state index contributed by atoms with van der Waals surface area (Å²) in [6, 6.07) is 4.48. The summed E-state index contributed by atoms with van der Waals surface area (Å²) in [7, 11) is 2.56. The SMILES string of the molecule is COC(=O)c1ccc(C(=O)OC)c(NC(=S)N2CCN(C(=O)[C@H]3CCCO3)CC2)c1. The largest absolute Gasteiger partial charge is 0.465 e. The Bertz CT molecular complexity index is 832. The predicted molar refractivity (Wildman–Crippen MR) is 112 cm³/mol. The number of nitrogens with zero attached hydrogens (tertiary/aromatic N) is 2. The van der Waals surface area contributed by atoms with Gasteiger partial charge in [0, 0.05) is 32.8 Å². The van der Waals surface area contributed by atoms with Crippen LogP contribution in [0.3, 0.4) is 0 Å². The molecule has 0 saturated carbocycles. The van der Waals surface area contributed by atoms with Crippen LogP contribution < -0.4 is 5.32 Å². The molecule has 2 saturated heterocycles. The molecule has 30 heavy (non-hydrogen) atoms. The third kappa shape index (κ3) is 4.88. The van der Waals surface area contributed by atoms with Gasteiger partial charge in [0.15, 0.2) is 5.11 Å². The Labute approximate surface area is 180 Å². The zero-order chi connectivity index (χ0) is 21.7. The lowest BCUT2D eigenvalue weighted by Gasteiger charge is -2.37. The number of amides is 1. The molecule has 0 radical (unpaired) electrons. The highest BCUT2D eigenvalue weighted by atomic mass is 32.1. The Morgan fingerprint density at radius 2 is 1.73 bits per heavy atom. The highest BCUT2D eigenvalue weighted by molar-refractivity contribution is 7.80. The van der Waals surface area contributed by atoms with Crippen molar-refractivity contribution in [3.05, 3.63) is 29.3 Å². The average molecular weight is 436 g/mol. The Morgan fingerprint density at radius 1 is 1.07 bits per heavy atom. The third-order valence-corrected chi connectivity index (χ3v) is 5.53. The molecule has 0 spiro atoms. The first-order valence-electron chi connectivity index (χ1n) is 9.71. The van der Waals surface area contributed by atoms with Gasteiger partial charge in [-0.3, -0.25) is 4.79 Å². The summed E-state index contributed by atoms with van der Waals surface area (Å²) in [5.41, 5.74) is 0.884. The van der Waals surface area contributed by atoms with Crippen LogP contribution in [-0.2, 0) is 19.0 Å². The van der Waals surface area contributed by atoms with E-state index >= 15 is 0 Å². The number of methoxy groups -OCH3 is 2. The summed E-state index contributed by atoms with van der Waals surface area (Å²) >= 11 is 5.51. The van der Waals surface area contributed by atoms with Gasteiger partial charge in [-0.1, -0.05) is 0 Å². The van der Waals surface area contributed by atoms with Crippen molar-refractivity contribution in [2.45, 2.75) is 18.9 Å². The van der Waals surface area contributed by atoms with Crippen molar-refractivity contribution in [2.24, 2.45) is 0 Å². The van der Waals surface area contributed by atoms with E-state index < -0.39 is 11.9 Å². The van der Waals surface area contributed by atoms with Gasteiger partial charge in [0.25, 0.3) is 5.91 Å². The number of hydrogen-bond acceptors (Lipinski definition) is 7. The van der Waals surface area contributed by atoms with Gasteiger partial charge in [-0.05, 0) is 43.3 Å².